The molecule has 1 aliphatic rings. The largest absolute Gasteiger partial charge is 0.491 e. The summed E-state index contributed by atoms with van der Waals surface area (Å²) in [6, 6.07) is 5.69. The Kier molecular flexibility index (Phi) is 5.31. The summed E-state index contributed by atoms with van der Waals surface area (Å²) < 4.78 is 79.9. The van der Waals surface area contributed by atoms with Crippen LogP contribution < -0.4 is 15.4 Å². The van der Waals surface area contributed by atoms with Crippen LogP contribution in [0.5, 0.6) is 5.88 Å². The second kappa shape index (κ2) is 7.76. The fourth-order valence-corrected chi connectivity index (χ4v) is 4.16. The number of nitrogens with zero attached hydrogens (tertiary/aromatic N) is 3. The summed E-state index contributed by atoms with van der Waals surface area (Å²) in [6.45, 7) is 0. The van der Waals surface area contributed by atoms with Crippen LogP contribution in [-0.2, 0) is 18.8 Å². The Morgan fingerprint density at radius 3 is 2.36 bits per heavy atom. The van der Waals surface area contributed by atoms with E-state index < -0.39 is 46.2 Å². The smallest absolute Gasteiger partial charge is 0.416 e. The quantitative estimate of drug-likeness (QED) is 0.439. The van der Waals surface area contributed by atoms with E-state index in [0.717, 1.165) is 0 Å². The number of fused-ring (bicyclic) bond motifs is 1. The lowest BCUT2D eigenvalue weighted by Gasteiger charge is -2.17. The van der Waals surface area contributed by atoms with Crippen molar-refractivity contribution in [2.75, 3.05) is 0 Å². The molecule has 3 aromatic rings. The zero-order chi connectivity index (χ0) is 24.1. The van der Waals surface area contributed by atoms with Crippen molar-refractivity contribution in [3.8, 4) is 5.88 Å². The molecule has 6 nitrogen and oxygen atoms in total. The number of rotatable bonds is 3. The van der Waals surface area contributed by atoms with Crippen molar-refractivity contribution in [2.24, 2.45) is 10.2 Å². The average Bonchev–Trinajstić information content (AvgIpc) is 3.30. The Hall–Kier alpha value is -3.61. The van der Waals surface area contributed by atoms with E-state index in [1.54, 1.807) is 0 Å². The van der Waals surface area contributed by atoms with Crippen LogP contribution in [0.3, 0.4) is 0 Å². The molecule has 0 unspecified atom stereocenters. The molecule has 2 N–H and O–H groups in total. The fourth-order valence-electron chi connectivity index (χ4n) is 3.32. The first kappa shape index (κ1) is 22.6. The molecular weight excluding hydrogens is 476 g/mol. The highest BCUT2D eigenvalue weighted by molar-refractivity contribution is 7.10. The third-order valence-corrected chi connectivity index (χ3v) is 5.87. The van der Waals surface area contributed by atoms with Crippen molar-refractivity contribution in [2.45, 2.75) is 18.8 Å². The van der Waals surface area contributed by atoms with Gasteiger partial charge < -0.3 is 10.3 Å². The van der Waals surface area contributed by atoms with E-state index in [2.05, 4.69) is 10.2 Å². The van der Waals surface area contributed by atoms with Gasteiger partial charge in [-0.05, 0) is 40.6 Å². The van der Waals surface area contributed by atoms with Crippen LogP contribution in [0.15, 0.2) is 51.4 Å². The zero-order valence-electron chi connectivity index (χ0n) is 16.1. The number of aromatic hydroxyl groups is 1. The minimum Gasteiger partial charge on any atom is -0.491 e. The first-order valence-electron chi connectivity index (χ1n) is 9.02. The van der Waals surface area contributed by atoms with Gasteiger partial charge in [-0.25, -0.2) is 0 Å². The molecule has 33 heavy (non-hydrogen) atoms. The van der Waals surface area contributed by atoms with Crippen molar-refractivity contribution < 1.29 is 36.7 Å². The molecule has 2 heterocycles. The predicted molar refractivity (Wildman–Crippen MR) is 105 cm³/mol. The number of hydrogen-bond donors (Lipinski definition) is 2. The summed E-state index contributed by atoms with van der Waals surface area (Å²) in [5, 5.41) is 28.1. The first-order valence-corrected chi connectivity index (χ1v) is 9.84. The molecule has 1 aliphatic heterocycles. The molecule has 0 radical (unpaired) electrons. The summed E-state index contributed by atoms with van der Waals surface area (Å²) >= 11 is 0.369. The SMILES string of the molecule is O=c1sc(C(Cc2ccc(C(F)(F)F)cc2C(F)(F)F)=c2ccc3c(c2)C=NN=3)c(O)n1O. The van der Waals surface area contributed by atoms with Crippen LogP contribution in [-0.4, -0.2) is 21.3 Å². The zero-order valence-corrected chi connectivity index (χ0v) is 16.9. The van der Waals surface area contributed by atoms with Gasteiger partial charge in [0, 0.05) is 12.0 Å². The number of thiazole rings is 1. The average molecular weight is 487 g/mol. The van der Waals surface area contributed by atoms with E-state index in [0.29, 0.717) is 34.4 Å². The molecule has 0 saturated carbocycles. The van der Waals surface area contributed by atoms with Gasteiger partial charge in [0.15, 0.2) is 0 Å². The van der Waals surface area contributed by atoms with Crippen LogP contribution >= 0.6 is 11.3 Å². The van der Waals surface area contributed by atoms with Gasteiger partial charge in [0.05, 0.1) is 27.6 Å². The predicted octanol–water partition coefficient (Wildman–Crippen LogP) is 3.30. The molecule has 0 amide bonds. The lowest BCUT2D eigenvalue weighted by Crippen LogP contribution is -2.18. The fraction of sp³-hybridized carbons (Fsp3) is 0.150. The second-order valence-corrected chi connectivity index (χ2v) is 7.94. The van der Waals surface area contributed by atoms with Gasteiger partial charge >= 0.3 is 17.2 Å². The normalized spacial score (nSPS) is 14.2. The van der Waals surface area contributed by atoms with E-state index in [4.69, 9.17) is 0 Å². The summed E-state index contributed by atoms with van der Waals surface area (Å²) in [5.41, 5.74) is -3.01. The Labute approximate surface area is 183 Å². The highest BCUT2D eigenvalue weighted by atomic mass is 32.1. The van der Waals surface area contributed by atoms with Gasteiger partial charge in [-0.1, -0.05) is 23.5 Å². The maximum absolute atomic E-state index is 13.7. The molecule has 0 saturated heterocycles. The Balaban J connectivity index is 1.97. The molecule has 0 bridgehead atoms. The Morgan fingerprint density at radius 1 is 1.03 bits per heavy atom. The lowest BCUT2D eigenvalue weighted by atomic mass is 9.94. The summed E-state index contributed by atoms with van der Waals surface area (Å²) in [4.78, 5) is 10.6. The van der Waals surface area contributed by atoms with Gasteiger partial charge in [0.2, 0.25) is 5.88 Å². The van der Waals surface area contributed by atoms with Gasteiger partial charge in [0.25, 0.3) is 0 Å². The summed E-state index contributed by atoms with van der Waals surface area (Å²) in [7, 11) is 0. The topological polar surface area (TPSA) is 87.2 Å². The summed E-state index contributed by atoms with van der Waals surface area (Å²) in [5.74, 6) is -0.903. The number of alkyl halides is 6. The minimum absolute atomic E-state index is 0.0146. The molecule has 0 aliphatic carbocycles. The lowest BCUT2D eigenvalue weighted by molar-refractivity contribution is -0.143. The highest BCUT2D eigenvalue weighted by Crippen LogP contribution is 2.39. The van der Waals surface area contributed by atoms with Gasteiger partial charge in [-0.2, -0.15) is 36.5 Å². The molecule has 0 spiro atoms. The molecule has 1 aromatic heterocycles. The molecular formula is C20H11F6N3O3S. The molecule has 0 atom stereocenters. The standard InChI is InChI=1S/C20H11F6N3O3S/c21-19(22,23)12-3-1-10(14(7-12)20(24,25)26)6-13(16-17(30)29(32)18(31)33-16)9-2-4-15-11(5-9)8-27-28-15/h1-5,7-8,30,32H,6H2. The van der Waals surface area contributed by atoms with E-state index in [1.807, 2.05) is 0 Å². The number of benzene rings is 2. The number of hydrogen-bond acceptors (Lipinski definition) is 6. The van der Waals surface area contributed by atoms with E-state index in [1.165, 1.54) is 24.4 Å². The molecule has 0 fully saturated rings. The van der Waals surface area contributed by atoms with E-state index in [9.17, 15) is 41.5 Å². The number of aromatic nitrogens is 1. The van der Waals surface area contributed by atoms with Gasteiger partial charge in [-0.15, -0.1) is 4.73 Å². The van der Waals surface area contributed by atoms with E-state index in [-0.39, 0.29) is 26.5 Å². The third kappa shape index (κ3) is 4.23. The number of halogens is 6. The molecule has 172 valence electrons. The van der Waals surface area contributed by atoms with Crippen LogP contribution in [0.4, 0.5) is 26.3 Å². The molecule has 4 rings (SSSR count). The monoisotopic (exact) mass is 487 g/mol. The summed E-state index contributed by atoms with van der Waals surface area (Å²) in [6.07, 6.45) is -9.31. The van der Waals surface area contributed by atoms with Crippen molar-refractivity contribution >= 4 is 23.1 Å². The van der Waals surface area contributed by atoms with Crippen LogP contribution in [0.2, 0.25) is 0 Å². The van der Waals surface area contributed by atoms with Gasteiger partial charge in [0.1, 0.15) is 0 Å². The second-order valence-electron chi connectivity index (χ2n) is 6.97. The van der Waals surface area contributed by atoms with Gasteiger partial charge in [-0.3, -0.25) is 4.79 Å². The van der Waals surface area contributed by atoms with Crippen LogP contribution in [0.1, 0.15) is 27.1 Å². The van der Waals surface area contributed by atoms with Crippen molar-refractivity contribution in [3.05, 3.63) is 83.8 Å². The maximum Gasteiger partial charge on any atom is 0.416 e. The maximum atomic E-state index is 13.7. The minimum atomic E-state index is -5.11. The highest BCUT2D eigenvalue weighted by Gasteiger charge is 2.38. The van der Waals surface area contributed by atoms with Crippen LogP contribution in [0, 0.1) is 0 Å². The van der Waals surface area contributed by atoms with Crippen molar-refractivity contribution in [3.63, 3.8) is 0 Å². The van der Waals surface area contributed by atoms with Crippen molar-refractivity contribution in [1.82, 2.24) is 4.73 Å². The first-order chi connectivity index (χ1) is 15.4. The third-order valence-electron chi connectivity index (χ3n) is 4.89. The van der Waals surface area contributed by atoms with Crippen molar-refractivity contribution in [1.29, 1.82) is 0 Å². The van der Waals surface area contributed by atoms with Crippen LogP contribution in [0.25, 0.3) is 5.57 Å². The van der Waals surface area contributed by atoms with E-state index >= 15 is 0 Å². The molecule has 2 aromatic carbocycles. The Morgan fingerprint density at radius 2 is 1.76 bits per heavy atom. The molecule has 13 heteroatoms. The Bertz CT molecular complexity index is 1470.